The van der Waals surface area contributed by atoms with Gasteiger partial charge in [0.2, 0.25) is 0 Å². The van der Waals surface area contributed by atoms with Gasteiger partial charge in [0.1, 0.15) is 4.83 Å². The molecule has 0 bridgehead atoms. The molecule has 0 aliphatic rings. The summed E-state index contributed by atoms with van der Waals surface area (Å²) in [4.78, 5) is 17.1. The fraction of sp³-hybridized carbons (Fsp3) is 0.250. The maximum absolute atomic E-state index is 12.2. The lowest BCUT2D eigenvalue weighted by Crippen LogP contribution is -2.29. The van der Waals surface area contributed by atoms with E-state index in [9.17, 15) is 9.90 Å². The number of hydrogen-bond acceptors (Lipinski definition) is 5. The molecule has 0 fully saturated rings. The van der Waals surface area contributed by atoms with E-state index in [2.05, 4.69) is 4.98 Å². The highest BCUT2D eigenvalue weighted by atomic mass is 35.5. The van der Waals surface area contributed by atoms with E-state index < -0.39 is 6.10 Å². The van der Waals surface area contributed by atoms with Gasteiger partial charge < -0.3 is 9.84 Å². The Labute approximate surface area is 141 Å². The van der Waals surface area contributed by atoms with Crippen LogP contribution in [-0.2, 0) is 17.9 Å². The number of fused-ring (bicyclic) bond motifs is 1. The van der Waals surface area contributed by atoms with Gasteiger partial charge in [0.25, 0.3) is 5.56 Å². The number of nitrogens with zero attached hydrogens (tertiary/aromatic N) is 2. The van der Waals surface area contributed by atoms with Gasteiger partial charge in [-0.05, 0) is 23.1 Å². The van der Waals surface area contributed by atoms with Crippen molar-refractivity contribution in [1.29, 1.82) is 0 Å². The monoisotopic (exact) mass is 350 g/mol. The van der Waals surface area contributed by atoms with Crippen LogP contribution in [0.5, 0.6) is 0 Å². The summed E-state index contributed by atoms with van der Waals surface area (Å²) in [6.45, 7) is 0.562. The lowest BCUT2D eigenvalue weighted by molar-refractivity contribution is 0.0199. The van der Waals surface area contributed by atoms with Gasteiger partial charge in [-0.1, -0.05) is 29.8 Å². The molecule has 0 spiro atoms. The Morgan fingerprint density at radius 3 is 3.00 bits per heavy atom. The number of aromatic nitrogens is 2. The second-order valence-electron chi connectivity index (χ2n) is 5.10. The van der Waals surface area contributed by atoms with Crippen molar-refractivity contribution in [3.8, 4) is 0 Å². The molecule has 3 rings (SSSR count). The second-order valence-corrected chi connectivity index (χ2v) is 6.40. The molecule has 0 saturated heterocycles. The SMILES string of the molecule is O=c1c2ccsc2ncn1CC(O)COCc1ccccc1Cl. The minimum Gasteiger partial charge on any atom is -0.389 e. The van der Waals surface area contributed by atoms with Crippen LogP contribution in [0, 0.1) is 0 Å². The summed E-state index contributed by atoms with van der Waals surface area (Å²) in [5, 5.41) is 13.1. The van der Waals surface area contributed by atoms with E-state index >= 15 is 0 Å². The van der Waals surface area contributed by atoms with E-state index in [1.807, 2.05) is 23.6 Å². The summed E-state index contributed by atoms with van der Waals surface area (Å²) in [5.41, 5.74) is 0.710. The highest BCUT2D eigenvalue weighted by Gasteiger charge is 2.10. The van der Waals surface area contributed by atoms with Crippen molar-refractivity contribution in [2.75, 3.05) is 6.61 Å². The Morgan fingerprint density at radius 1 is 1.35 bits per heavy atom. The van der Waals surface area contributed by atoms with Gasteiger partial charge >= 0.3 is 0 Å². The largest absolute Gasteiger partial charge is 0.389 e. The van der Waals surface area contributed by atoms with Crippen LogP contribution in [0.15, 0.2) is 46.8 Å². The third-order valence-electron chi connectivity index (χ3n) is 3.38. The lowest BCUT2D eigenvalue weighted by Gasteiger charge is -2.13. The summed E-state index contributed by atoms with van der Waals surface area (Å²) in [6.07, 6.45) is 0.659. The summed E-state index contributed by atoms with van der Waals surface area (Å²) >= 11 is 7.46. The molecule has 1 N–H and O–H groups in total. The number of thiophene rings is 1. The predicted octanol–water partition coefficient (Wildman–Crippen LogP) is 2.69. The first-order chi connectivity index (χ1) is 11.1. The van der Waals surface area contributed by atoms with Gasteiger partial charge in [-0.2, -0.15) is 0 Å². The highest BCUT2D eigenvalue weighted by molar-refractivity contribution is 7.16. The standard InChI is InChI=1S/C16H15ClN2O3S/c17-14-4-2-1-3-11(14)8-22-9-12(20)7-19-10-18-15-13(16(19)21)5-6-23-15/h1-6,10,12,20H,7-9H2. The molecule has 7 heteroatoms. The molecule has 2 heterocycles. The van der Waals surface area contributed by atoms with Crippen molar-refractivity contribution in [3.05, 3.63) is 63.0 Å². The maximum Gasteiger partial charge on any atom is 0.262 e. The molecule has 1 atom stereocenters. The minimum atomic E-state index is -0.798. The van der Waals surface area contributed by atoms with Gasteiger partial charge in [-0.15, -0.1) is 11.3 Å². The number of aliphatic hydroxyl groups is 1. The Bertz CT molecular complexity index is 862. The van der Waals surface area contributed by atoms with E-state index in [1.54, 1.807) is 12.1 Å². The molecule has 0 amide bonds. The highest BCUT2D eigenvalue weighted by Crippen LogP contribution is 2.16. The molecule has 2 aromatic heterocycles. The number of halogens is 1. The first-order valence-corrected chi connectivity index (χ1v) is 8.33. The molecule has 0 saturated carbocycles. The third-order valence-corrected chi connectivity index (χ3v) is 4.57. The van der Waals surface area contributed by atoms with Crippen LogP contribution < -0.4 is 5.56 Å². The number of ether oxygens (including phenoxy) is 1. The van der Waals surface area contributed by atoms with Crippen LogP contribution in [-0.4, -0.2) is 27.4 Å². The van der Waals surface area contributed by atoms with Crippen LogP contribution in [0.3, 0.4) is 0 Å². The average molecular weight is 351 g/mol. The Hall–Kier alpha value is -1.73. The molecule has 5 nitrogen and oxygen atoms in total. The first-order valence-electron chi connectivity index (χ1n) is 7.07. The van der Waals surface area contributed by atoms with Gasteiger partial charge in [0, 0.05) is 5.02 Å². The van der Waals surface area contributed by atoms with Crippen molar-refractivity contribution in [2.24, 2.45) is 0 Å². The molecule has 23 heavy (non-hydrogen) atoms. The summed E-state index contributed by atoms with van der Waals surface area (Å²) < 4.78 is 6.88. The van der Waals surface area contributed by atoms with Gasteiger partial charge in [0.15, 0.2) is 0 Å². The van der Waals surface area contributed by atoms with Crippen molar-refractivity contribution < 1.29 is 9.84 Å². The summed E-state index contributed by atoms with van der Waals surface area (Å²) in [6, 6.07) is 9.13. The quantitative estimate of drug-likeness (QED) is 0.742. The molecule has 0 radical (unpaired) electrons. The van der Waals surface area contributed by atoms with Gasteiger partial charge in [0.05, 0.1) is 37.6 Å². The summed E-state index contributed by atoms with van der Waals surface area (Å²) in [7, 11) is 0. The number of benzene rings is 1. The second kappa shape index (κ2) is 7.23. The van der Waals surface area contributed by atoms with E-state index in [-0.39, 0.29) is 18.7 Å². The molecule has 1 aromatic carbocycles. The normalized spacial score (nSPS) is 12.6. The van der Waals surface area contributed by atoms with E-state index in [0.717, 1.165) is 5.56 Å². The van der Waals surface area contributed by atoms with Crippen LogP contribution in [0.4, 0.5) is 0 Å². The predicted molar refractivity (Wildman–Crippen MR) is 91.0 cm³/mol. The van der Waals surface area contributed by atoms with Crippen LogP contribution in [0.25, 0.3) is 10.2 Å². The van der Waals surface area contributed by atoms with Crippen molar-refractivity contribution in [1.82, 2.24) is 9.55 Å². The molecule has 0 aliphatic carbocycles. The van der Waals surface area contributed by atoms with Crippen molar-refractivity contribution in [2.45, 2.75) is 19.3 Å². The number of aliphatic hydroxyl groups excluding tert-OH is 1. The van der Waals surface area contributed by atoms with Gasteiger partial charge in [-0.25, -0.2) is 4.98 Å². The fourth-order valence-corrected chi connectivity index (χ4v) is 3.14. The average Bonchev–Trinajstić information content (AvgIpc) is 3.01. The molecule has 3 aromatic rings. The Kier molecular flexibility index (Phi) is 5.07. The van der Waals surface area contributed by atoms with E-state index in [1.165, 1.54) is 22.2 Å². The molecular formula is C16H15ClN2O3S. The van der Waals surface area contributed by atoms with Crippen LogP contribution >= 0.6 is 22.9 Å². The molecule has 1 unspecified atom stereocenters. The summed E-state index contributed by atoms with van der Waals surface area (Å²) in [5.74, 6) is 0. The minimum absolute atomic E-state index is 0.110. The van der Waals surface area contributed by atoms with Crippen LogP contribution in [0.1, 0.15) is 5.56 Å². The Balaban J connectivity index is 1.58. The number of hydrogen-bond donors (Lipinski definition) is 1. The number of rotatable bonds is 6. The van der Waals surface area contributed by atoms with Crippen LogP contribution in [0.2, 0.25) is 5.02 Å². The third kappa shape index (κ3) is 3.79. The fourth-order valence-electron chi connectivity index (χ4n) is 2.22. The zero-order chi connectivity index (χ0) is 16.2. The topological polar surface area (TPSA) is 64.4 Å². The van der Waals surface area contributed by atoms with E-state index in [0.29, 0.717) is 21.8 Å². The molecular weight excluding hydrogens is 336 g/mol. The smallest absolute Gasteiger partial charge is 0.262 e. The van der Waals surface area contributed by atoms with E-state index in [4.69, 9.17) is 16.3 Å². The molecule has 0 aliphatic heterocycles. The lowest BCUT2D eigenvalue weighted by atomic mass is 10.2. The zero-order valence-corrected chi connectivity index (χ0v) is 13.8. The van der Waals surface area contributed by atoms with Gasteiger partial charge in [-0.3, -0.25) is 9.36 Å². The zero-order valence-electron chi connectivity index (χ0n) is 12.2. The molecule has 120 valence electrons. The van der Waals surface area contributed by atoms with Crippen molar-refractivity contribution in [3.63, 3.8) is 0 Å². The Morgan fingerprint density at radius 2 is 2.17 bits per heavy atom. The van der Waals surface area contributed by atoms with Crippen molar-refractivity contribution >= 4 is 33.2 Å². The maximum atomic E-state index is 12.2. The first kappa shape index (κ1) is 16.1.